The SMILES string of the molecule is CCCCOCC(C)c1ccncc1. The van der Waals surface area contributed by atoms with Crippen molar-refractivity contribution in [1.82, 2.24) is 4.98 Å². The van der Waals surface area contributed by atoms with Crippen LogP contribution in [0, 0.1) is 0 Å². The highest BCUT2D eigenvalue weighted by atomic mass is 16.5. The Morgan fingerprint density at radius 3 is 2.71 bits per heavy atom. The molecule has 0 aliphatic heterocycles. The maximum atomic E-state index is 5.57. The summed E-state index contributed by atoms with van der Waals surface area (Å²) in [7, 11) is 0. The van der Waals surface area contributed by atoms with Gasteiger partial charge in [0, 0.05) is 24.9 Å². The maximum Gasteiger partial charge on any atom is 0.0532 e. The van der Waals surface area contributed by atoms with Gasteiger partial charge in [-0.05, 0) is 24.1 Å². The van der Waals surface area contributed by atoms with Crippen molar-refractivity contribution in [3.05, 3.63) is 30.1 Å². The lowest BCUT2D eigenvalue weighted by atomic mass is 10.0. The van der Waals surface area contributed by atoms with Crippen LogP contribution in [0.3, 0.4) is 0 Å². The summed E-state index contributed by atoms with van der Waals surface area (Å²) in [4.78, 5) is 4.00. The normalized spacial score (nSPS) is 12.7. The van der Waals surface area contributed by atoms with Gasteiger partial charge in [-0.25, -0.2) is 0 Å². The molecule has 1 atom stereocenters. The largest absolute Gasteiger partial charge is 0.381 e. The monoisotopic (exact) mass is 193 g/mol. The minimum atomic E-state index is 0.467. The lowest BCUT2D eigenvalue weighted by Gasteiger charge is -2.11. The van der Waals surface area contributed by atoms with Gasteiger partial charge >= 0.3 is 0 Å². The zero-order chi connectivity index (χ0) is 10.2. The van der Waals surface area contributed by atoms with Crippen LogP contribution in [-0.2, 0) is 4.74 Å². The lowest BCUT2D eigenvalue weighted by Crippen LogP contribution is -2.05. The molecule has 0 aliphatic rings. The third-order valence-corrected chi connectivity index (χ3v) is 2.29. The molecule has 1 rings (SSSR count). The van der Waals surface area contributed by atoms with Gasteiger partial charge in [-0.2, -0.15) is 0 Å². The summed E-state index contributed by atoms with van der Waals surface area (Å²) >= 11 is 0. The van der Waals surface area contributed by atoms with Crippen LogP contribution >= 0.6 is 0 Å². The highest BCUT2D eigenvalue weighted by Crippen LogP contribution is 2.13. The van der Waals surface area contributed by atoms with Gasteiger partial charge in [-0.1, -0.05) is 20.3 Å². The Morgan fingerprint density at radius 2 is 2.07 bits per heavy atom. The average molecular weight is 193 g/mol. The number of aromatic nitrogens is 1. The van der Waals surface area contributed by atoms with Crippen molar-refractivity contribution in [3.8, 4) is 0 Å². The minimum absolute atomic E-state index is 0.467. The number of unbranched alkanes of at least 4 members (excludes halogenated alkanes) is 1. The van der Waals surface area contributed by atoms with E-state index in [4.69, 9.17) is 4.74 Å². The molecule has 1 heterocycles. The fraction of sp³-hybridized carbons (Fsp3) is 0.583. The van der Waals surface area contributed by atoms with Crippen molar-refractivity contribution >= 4 is 0 Å². The van der Waals surface area contributed by atoms with Crippen LogP contribution in [-0.4, -0.2) is 18.2 Å². The molecule has 0 N–H and O–H groups in total. The predicted molar refractivity (Wildman–Crippen MR) is 58.4 cm³/mol. The Labute approximate surface area is 86.3 Å². The van der Waals surface area contributed by atoms with Gasteiger partial charge in [-0.15, -0.1) is 0 Å². The molecule has 0 saturated heterocycles. The van der Waals surface area contributed by atoms with Crippen molar-refractivity contribution < 1.29 is 4.74 Å². The van der Waals surface area contributed by atoms with Crippen LogP contribution in [0.5, 0.6) is 0 Å². The number of nitrogens with zero attached hydrogens (tertiary/aromatic N) is 1. The van der Waals surface area contributed by atoms with Gasteiger partial charge in [-0.3, -0.25) is 4.98 Å². The van der Waals surface area contributed by atoms with Crippen LogP contribution in [0.2, 0.25) is 0 Å². The van der Waals surface area contributed by atoms with Crippen LogP contribution in [0.25, 0.3) is 0 Å². The molecule has 2 nitrogen and oxygen atoms in total. The molecule has 0 aliphatic carbocycles. The first-order valence-corrected chi connectivity index (χ1v) is 5.32. The molecule has 1 aromatic rings. The number of hydrogen-bond acceptors (Lipinski definition) is 2. The summed E-state index contributed by atoms with van der Waals surface area (Å²) in [6.45, 7) is 6.05. The quantitative estimate of drug-likeness (QED) is 0.648. The van der Waals surface area contributed by atoms with Gasteiger partial charge < -0.3 is 4.74 Å². The summed E-state index contributed by atoms with van der Waals surface area (Å²) in [5.41, 5.74) is 1.30. The van der Waals surface area contributed by atoms with E-state index >= 15 is 0 Å². The fourth-order valence-corrected chi connectivity index (χ4v) is 1.29. The molecule has 0 bridgehead atoms. The molecular formula is C12H19NO. The number of hydrogen-bond donors (Lipinski definition) is 0. The van der Waals surface area contributed by atoms with E-state index in [2.05, 4.69) is 18.8 Å². The number of rotatable bonds is 6. The van der Waals surface area contributed by atoms with Crippen LogP contribution in [0.1, 0.15) is 38.2 Å². The molecule has 78 valence electrons. The summed E-state index contributed by atoms with van der Waals surface area (Å²) in [5.74, 6) is 0.467. The Bertz CT molecular complexity index is 235. The first kappa shape index (κ1) is 11.2. The van der Waals surface area contributed by atoms with E-state index in [0.29, 0.717) is 5.92 Å². The van der Waals surface area contributed by atoms with E-state index in [1.807, 2.05) is 24.5 Å². The Balaban J connectivity index is 2.25. The van der Waals surface area contributed by atoms with Gasteiger partial charge in [0.2, 0.25) is 0 Å². The maximum absolute atomic E-state index is 5.57. The summed E-state index contributed by atoms with van der Waals surface area (Å²) in [5, 5.41) is 0. The average Bonchev–Trinajstić information content (AvgIpc) is 2.25. The zero-order valence-electron chi connectivity index (χ0n) is 9.07. The van der Waals surface area contributed by atoms with Crippen molar-refractivity contribution in [2.24, 2.45) is 0 Å². The van der Waals surface area contributed by atoms with Crippen molar-refractivity contribution in [2.45, 2.75) is 32.6 Å². The molecular weight excluding hydrogens is 174 g/mol. The molecule has 14 heavy (non-hydrogen) atoms. The second kappa shape index (κ2) is 6.55. The predicted octanol–water partition coefficient (Wildman–Crippen LogP) is 3.00. The summed E-state index contributed by atoms with van der Waals surface area (Å²) < 4.78 is 5.57. The van der Waals surface area contributed by atoms with Gasteiger partial charge in [0.15, 0.2) is 0 Å². The molecule has 1 aromatic heterocycles. The highest BCUT2D eigenvalue weighted by molar-refractivity contribution is 5.14. The molecule has 1 unspecified atom stereocenters. The third-order valence-electron chi connectivity index (χ3n) is 2.29. The van der Waals surface area contributed by atoms with Crippen molar-refractivity contribution in [2.75, 3.05) is 13.2 Å². The number of ether oxygens (including phenoxy) is 1. The Kier molecular flexibility index (Phi) is 5.23. The molecule has 0 saturated carbocycles. The van der Waals surface area contributed by atoms with E-state index in [-0.39, 0.29) is 0 Å². The lowest BCUT2D eigenvalue weighted by molar-refractivity contribution is 0.121. The van der Waals surface area contributed by atoms with Gasteiger partial charge in [0.25, 0.3) is 0 Å². The second-order valence-electron chi connectivity index (χ2n) is 3.61. The first-order valence-electron chi connectivity index (χ1n) is 5.32. The van der Waals surface area contributed by atoms with Gasteiger partial charge in [0.1, 0.15) is 0 Å². The highest BCUT2D eigenvalue weighted by Gasteiger charge is 2.04. The smallest absolute Gasteiger partial charge is 0.0532 e. The standard InChI is InChI=1S/C12H19NO/c1-3-4-9-14-10-11(2)12-5-7-13-8-6-12/h5-8,11H,3-4,9-10H2,1-2H3. The molecule has 0 amide bonds. The first-order chi connectivity index (χ1) is 6.84. The van der Waals surface area contributed by atoms with Crippen molar-refractivity contribution in [1.29, 1.82) is 0 Å². The van der Waals surface area contributed by atoms with Crippen LogP contribution in [0.4, 0.5) is 0 Å². The van der Waals surface area contributed by atoms with Gasteiger partial charge in [0.05, 0.1) is 6.61 Å². The van der Waals surface area contributed by atoms with E-state index in [1.54, 1.807) is 0 Å². The molecule has 0 aromatic carbocycles. The van der Waals surface area contributed by atoms with Crippen LogP contribution in [0.15, 0.2) is 24.5 Å². The van der Waals surface area contributed by atoms with E-state index in [0.717, 1.165) is 19.6 Å². The van der Waals surface area contributed by atoms with E-state index in [9.17, 15) is 0 Å². The molecule has 0 spiro atoms. The van der Waals surface area contributed by atoms with Crippen LogP contribution < -0.4 is 0 Å². The second-order valence-corrected chi connectivity index (χ2v) is 3.61. The summed E-state index contributed by atoms with van der Waals surface area (Å²) in [6.07, 6.45) is 6.02. The molecule has 0 fully saturated rings. The topological polar surface area (TPSA) is 22.1 Å². The van der Waals surface area contributed by atoms with Crippen molar-refractivity contribution in [3.63, 3.8) is 0 Å². The van der Waals surface area contributed by atoms with E-state index < -0.39 is 0 Å². The number of pyridine rings is 1. The molecule has 2 heteroatoms. The third kappa shape index (κ3) is 3.88. The summed E-state index contributed by atoms with van der Waals surface area (Å²) in [6, 6.07) is 4.10. The minimum Gasteiger partial charge on any atom is -0.381 e. The van der Waals surface area contributed by atoms with E-state index in [1.165, 1.54) is 12.0 Å². The molecule has 0 radical (unpaired) electrons. The fourth-order valence-electron chi connectivity index (χ4n) is 1.29. The Hall–Kier alpha value is -0.890. The Morgan fingerprint density at radius 1 is 1.36 bits per heavy atom. The zero-order valence-corrected chi connectivity index (χ0v) is 9.07.